The molecule has 1 amide bonds. The quantitative estimate of drug-likeness (QED) is 0.140. The third-order valence-corrected chi connectivity index (χ3v) is 16.8. The first-order chi connectivity index (χ1) is 24.7. The van der Waals surface area contributed by atoms with Crippen molar-refractivity contribution in [2.24, 2.45) is 56.2 Å². The second-order valence-electron chi connectivity index (χ2n) is 20.6. The molecule has 9 atom stereocenters. The summed E-state index contributed by atoms with van der Waals surface area (Å²) in [6.45, 7) is 22.4. The molecule has 0 aromatic rings. The molecular formula is C44H70N2O7. The van der Waals surface area contributed by atoms with E-state index in [-0.39, 0.29) is 57.7 Å². The fourth-order valence-corrected chi connectivity index (χ4v) is 13.7. The first kappa shape index (κ1) is 40.4. The molecule has 0 aromatic heterocycles. The number of fused-ring (bicyclic) bond motifs is 7. The molecule has 0 bridgehead atoms. The van der Waals surface area contributed by atoms with Gasteiger partial charge in [-0.1, -0.05) is 54.0 Å². The van der Waals surface area contributed by atoms with Crippen molar-refractivity contribution in [3.8, 4) is 0 Å². The van der Waals surface area contributed by atoms with Crippen LogP contribution in [0.5, 0.6) is 0 Å². The number of allylic oxidation sites excluding steroid dienone is 1. The van der Waals surface area contributed by atoms with E-state index in [9.17, 15) is 29.4 Å². The monoisotopic (exact) mass is 739 g/mol. The number of aliphatic hydroxyl groups is 1. The van der Waals surface area contributed by atoms with Gasteiger partial charge in [0.15, 0.2) is 5.78 Å². The smallest absolute Gasteiger partial charge is 0.309 e. The Morgan fingerprint density at radius 1 is 0.962 bits per heavy atom. The van der Waals surface area contributed by atoms with Gasteiger partial charge < -0.3 is 25.2 Å². The summed E-state index contributed by atoms with van der Waals surface area (Å²) in [7, 11) is 0. The van der Waals surface area contributed by atoms with Crippen molar-refractivity contribution >= 4 is 23.6 Å². The Balaban J connectivity index is 1.21. The molecule has 9 heteroatoms. The number of carbonyl (C=O) groups is 4. The van der Waals surface area contributed by atoms with Gasteiger partial charge in [0.2, 0.25) is 5.91 Å². The molecule has 9 unspecified atom stereocenters. The molecule has 1 heterocycles. The number of aliphatic hydroxyl groups excluding tert-OH is 1. The molecule has 3 N–H and O–H groups in total. The molecule has 4 saturated carbocycles. The van der Waals surface area contributed by atoms with Crippen LogP contribution in [0.1, 0.15) is 146 Å². The zero-order valence-electron chi connectivity index (χ0n) is 34.4. The average Bonchev–Trinajstić information content (AvgIpc) is 3.61. The Morgan fingerprint density at radius 2 is 1.68 bits per heavy atom. The summed E-state index contributed by atoms with van der Waals surface area (Å²) in [6, 6.07) is 0. The lowest BCUT2D eigenvalue weighted by molar-refractivity contribution is -0.235. The van der Waals surface area contributed by atoms with Crippen LogP contribution in [0.25, 0.3) is 0 Å². The van der Waals surface area contributed by atoms with Gasteiger partial charge in [0.25, 0.3) is 0 Å². The molecule has 9 nitrogen and oxygen atoms in total. The van der Waals surface area contributed by atoms with Gasteiger partial charge in [-0.05, 0) is 130 Å². The van der Waals surface area contributed by atoms with E-state index >= 15 is 0 Å². The van der Waals surface area contributed by atoms with E-state index < -0.39 is 28.9 Å². The van der Waals surface area contributed by atoms with Gasteiger partial charge >= 0.3 is 11.9 Å². The average molecular weight is 739 g/mol. The van der Waals surface area contributed by atoms with Crippen molar-refractivity contribution in [1.29, 1.82) is 0 Å². The predicted octanol–water partition coefficient (Wildman–Crippen LogP) is 7.34. The number of hydrogen-bond acceptors (Lipinski definition) is 7. The standard InChI is InChI=1S/C44H70N2O7/c1-27(2)36-29(47)24-44(32(48)26-45-21-11-23-46-22-10-12-34(46)49)20-19-42(8)28(37(36)44)13-14-31-41(7)17-16-33(53-35(50)25-39(3,4)38(51)52)40(5,6)30(41)15-18-43(31,42)9/h27-28,30-33,45,48H,10-26H2,1-9H3,(H,51,52). The summed E-state index contributed by atoms with van der Waals surface area (Å²) in [4.78, 5) is 52.9. The lowest BCUT2D eigenvalue weighted by Crippen LogP contribution is -2.66. The SMILES string of the molecule is CC(C)C1=C2C3CCC4C5(C)CCC(OC(=O)CC(C)(C)C(=O)O)C(C)(C)C5CCC4(C)C3(C)CCC2(C(O)CNCCCN2CCCC2=O)CC1=O. The molecule has 6 aliphatic rings. The van der Waals surface area contributed by atoms with Crippen LogP contribution >= 0.6 is 0 Å². The maximum atomic E-state index is 14.0. The van der Waals surface area contributed by atoms with E-state index in [2.05, 4.69) is 53.8 Å². The van der Waals surface area contributed by atoms with Gasteiger partial charge in [0, 0.05) is 43.3 Å². The largest absolute Gasteiger partial charge is 0.481 e. The van der Waals surface area contributed by atoms with E-state index in [1.54, 1.807) is 13.8 Å². The number of amides is 1. The molecule has 0 spiro atoms. The van der Waals surface area contributed by atoms with Crippen LogP contribution < -0.4 is 5.32 Å². The van der Waals surface area contributed by atoms with Crippen LogP contribution in [-0.2, 0) is 23.9 Å². The van der Waals surface area contributed by atoms with E-state index in [1.165, 1.54) is 5.57 Å². The van der Waals surface area contributed by atoms with Crippen molar-refractivity contribution in [3.63, 3.8) is 0 Å². The molecule has 5 fully saturated rings. The number of nitrogens with zero attached hydrogens (tertiary/aromatic N) is 1. The summed E-state index contributed by atoms with van der Waals surface area (Å²) in [5.74, 6) is 0.275. The number of carboxylic acid groups (broad SMARTS) is 1. The van der Waals surface area contributed by atoms with E-state index in [4.69, 9.17) is 4.74 Å². The number of hydrogen-bond donors (Lipinski definition) is 3. The van der Waals surface area contributed by atoms with Crippen LogP contribution in [0.3, 0.4) is 0 Å². The number of carboxylic acids is 1. The predicted molar refractivity (Wildman–Crippen MR) is 205 cm³/mol. The van der Waals surface area contributed by atoms with Crippen LogP contribution in [0.2, 0.25) is 0 Å². The molecule has 0 radical (unpaired) electrons. The van der Waals surface area contributed by atoms with Gasteiger partial charge in [0.1, 0.15) is 6.10 Å². The minimum atomic E-state index is -1.17. The number of aliphatic carboxylic acids is 1. The van der Waals surface area contributed by atoms with Crippen molar-refractivity contribution in [3.05, 3.63) is 11.1 Å². The first-order valence-corrected chi connectivity index (χ1v) is 21.0. The second-order valence-corrected chi connectivity index (χ2v) is 20.6. The molecule has 5 aliphatic carbocycles. The Labute approximate surface area is 318 Å². The number of Topliss-reactive ketones (excluding diaryl/α,β-unsaturated/α-hetero) is 1. The number of esters is 1. The highest BCUT2D eigenvalue weighted by Crippen LogP contribution is 2.77. The maximum absolute atomic E-state index is 14.0. The normalized spacial score (nSPS) is 38.7. The zero-order valence-corrected chi connectivity index (χ0v) is 34.4. The number of likely N-dealkylation sites (tertiary alicyclic amines) is 1. The minimum Gasteiger partial charge on any atom is -0.481 e. The molecule has 298 valence electrons. The Morgan fingerprint density at radius 3 is 2.32 bits per heavy atom. The van der Waals surface area contributed by atoms with Gasteiger partial charge in [-0.15, -0.1) is 0 Å². The molecule has 0 aromatic carbocycles. The summed E-state index contributed by atoms with van der Waals surface area (Å²) < 4.78 is 6.16. The van der Waals surface area contributed by atoms with E-state index in [1.807, 2.05) is 4.90 Å². The van der Waals surface area contributed by atoms with E-state index in [0.717, 1.165) is 89.4 Å². The maximum Gasteiger partial charge on any atom is 0.309 e. The fraction of sp³-hybridized carbons (Fsp3) is 0.864. The number of ketones is 1. The van der Waals surface area contributed by atoms with Crippen LogP contribution in [0, 0.1) is 56.2 Å². The van der Waals surface area contributed by atoms with Crippen LogP contribution in [0.4, 0.5) is 0 Å². The van der Waals surface area contributed by atoms with Crippen molar-refractivity contribution in [2.45, 2.75) is 158 Å². The summed E-state index contributed by atoms with van der Waals surface area (Å²) in [5.41, 5.74) is 0.435. The summed E-state index contributed by atoms with van der Waals surface area (Å²) in [5, 5.41) is 25.3. The first-order valence-electron chi connectivity index (χ1n) is 21.0. The number of nitrogens with one attached hydrogen (secondary N) is 1. The molecular weight excluding hydrogens is 668 g/mol. The zero-order chi connectivity index (χ0) is 38.9. The summed E-state index contributed by atoms with van der Waals surface area (Å²) >= 11 is 0. The number of rotatable bonds is 12. The molecule has 6 rings (SSSR count). The number of ether oxygens (including phenoxy) is 1. The highest BCUT2D eigenvalue weighted by molar-refractivity contribution is 6.00. The topological polar surface area (TPSA) is 133 Å². The lowest BCUT2D eigenvalue weighted by Gasteiger charge is -2.72. The third kappa shape index (κ3) is 6.43. The third-order valence-electron chi connectivity index (χ3n) is 16.8. The van der Waals surface area contributed by atoms with Crippen LogP contribution in [0.15, 0.2) is 11.1 Å². The molecule has 1 aliphatic heterocycles. The van der Waals surface area contributed by atoms with Crippen LogP contribution in [-0.4, -0.2) is 77.1 Å². The Hall–Kier alpha value is -2.26. The second kappa shape index (κ2) is 14.0. The van der Waals surface area contributed by atoms with Gasteiger partial charge in [-0.3, -0.25) is 19.2 Å². The van der Waals surface area contributed by atoms with Gasteiger partial charge in [0.05, 0.1) is 17.9 Å². The van der Waals surface area contributed by atoms with E-state index in [0.29, 0.717) is 31.2 Å². The molecule has 53 heavy (non-hydrogen) atoms. The lowest BCUT2D eigenvalue weighted by atomic mass is 9.33. The highest BCUT2D eigenvalue weighted by Gasteiger charge is 2.70. The number of carbonyl (C=O) groups excluding carboxylic acids is 3. The van der Waals surface area contributed by atoms with Gasteiger partial charge in [-0.25, -0.2) is 0 Å². The summed E-state index contributed by atoms with van der Waals surface area (Å²) in [6.07, 6.45) is 9.62. The van der Waals surface area contributed by atoms with Crippen molar-refractivity contribution < 1.29 is 34.1 Å². The Bertz CT molecular complexity index is 1520. The Kier molecular flexibility index (Phi) is 10.7. The molecule has 1 saturated heterocycles. The van der Waals surface area contributed by atoms with Gasteiger partial charge in [-0.2, -0.15) is 0 Å². The highest BCUT2D eigenvalue weighted by atomic mass is 16.5. The van der Waals surface area contributed by atoms with Crippen molar-refractivity contribution in [2.75, 3.05) is 26.2 Å². The van der Waals surface area contributed by atoms with Crippen molar-refractivity contribution in [1.82, 2.24) is 10.2 Å². The minimum absolute atomic E-state index is 0.0151. The fourth-order valence-electron chi connectivity index (χ4n) is 13.7.